The third-order valence-electron chi connectivity index (χ3n) is 3.43. The largest absolute Gasteiger partial charge is 0.344 e. The standard InChI is InChI=1S/C16H22ClN3/c1-3-4-10-15-19-14(16(17)20-15)11-18-12(2)13-8-6-5-7-9-13/h5-9,12,18H,3-4,10-11H2,1-2H3,(H,19,20)/t12-/m1/s1. The van der Waals surface area contributed by atoms with Crippen molar-refractivity contribution >= 4 is 11.6 Å². The molecule has 4 heteroatoms. The molecule has 0 bridgehead atoms. The smallest absolute Gasteiger partial charge is 0.151 e. The van der Waals surface area contributed by atoms with Crippen molar-refractivity contribution in [2.45, 2.75) is 45.7 Å². The third-order valence-corrected chi connectivity index (χ3v) is 3.74. The molecule has 0 saturated carbocycles. The number of hydrogen-bond donors (Lipinski definition) is 2. The van der Waals surface area contributed by atoms with Gasteiger partial charge in [0.25, 0.3) is 0 Å². The minimum absolute atomic E-state index is 0.287. The lowest BCUT2D eigenvalue weighted by molar-refractivity contribution is 0.568. The zero-order valence-electron chi connectivity index (χ0n) is 12.1. The topological polar surface area (TPSA) is 40.7 Å². The zero-order valence-corrected chi connectivity index (χ0v) is 12.9. The van der Waals surface area contributed by atoms with Gasteiger partial charge in [-0.05, 0) is 18.9 Å². The lowest BCUT2D eigenvalue weighted by atomic mass is 10.1. The molecule has 1 heterocycles. The number of H-pyrrole nitrogens is 1. The van der Waals surface area contributed by atoms with Crippen molar-refractivity contribution in [3.05, 3.63) is 52.6 Å². The fourth-order valence-electron chi connectivity index (χ4n) is 2.13. The molecule has 0 unspecified atom stereocenters. The molecule has 2 N–H and O–H groups in total. The van der Waals surface area contributed by atoms with Crippen LogP contribution in [-0.4, -0.2) is 9.97 Å². The van der Waals surface area contributed by atoms with Gasteiger partial charge in [-0.1, -0.05) is 55.3 Å². The lowest BCUT2D eigenvalue weighted by Gasteiger charge is -2.13. The molecule has 1 aromatic carbocycles. The van der Waals surface area contributed by atoms with Crippen molar-refractivity contribution in [2.75, 3.05) is 0 Å². The average molecular weight is 292 g/mol. The monoisotopic (exact) mass is 291 g/mol. The van der Waals surface area contributed by atoms with Gasteiger partial charge in [-0.15, -0.1) is 0 Å². The number of nitrogens with one attached hydrogen (secondary N) is 2. The van der Waals surface area contributed by atoms with Gasteiger partial charge in [0.15, 0.2) is 5.15 Å². The Hall–Kier alpha value is -1.32. The van der Waals surface area contributed by atoms with Crippen molar-refractivity contribution in [1.29, 1.82) is 0 Å². The van der Waals surface area contributed by atoms with Gasteiger partial charge in [-0.25, -0.2) is 4.98 Å². The second-order valence-corrected chi connectivity index (χ2v) is 5.43. The number of halogens is 1. The van der Waals surface area contributed by atoms with Gasteiger partial charge < -0.3 is 10.3 Å². The van der Waals surface area contributed by atoms with Gasteiger partial charge in [-0.2, -0.15) is 0 Å². The number of unbranched alkanes of at least 4 members (excludes halogenated alkanes) is 1. The first-order chi connectivity index (χ1) is 9.70. The van der Waals surface area contributed by atoms with E-state index in [9.17, 15) is 0 Å². The summed E-state index contributed by atoms with van der Waals surface area (Å²) in [6.07, 6.45) is 3.26. The summed E-state index contributed by atoms with van der Waals surface area (Å²) in [5.41, 5.74) is 2.25. The Morgan fingerprint density at radius 3 is 2.75 bits per heavy atom. The first-order valence-corrected chi connectivity index (χ1v) is 7.60. The van der Waals surface area contributed by atoms with Crippen LogP contribution >= 0.6 is 11.6 Å². The number of aromatic nitrogens is 2. The van der Waals surface area contributed by atoms with E-state index in [0.717, 1.165) is 30.8 Å². The Balaban J connectivity index is 1.92. The molecule has 1 atom stereocenters. The van der Waals surface area contributed by atoms with E-state index in [1.807, 2.05) is 6.07 Å². The molecule has 20 heavy (non-hydrogen) atoms. The second kappa shape index (κ2) is 7.46. The third kappa shape index (κ3) is 4.09. The predicted molar refractivity (Wildman–Crippen MR) is 83.9 cm³/mol. The Kier molecular flexibility index (Phi) is 5.62. The van der Waals surface area contributed by atoms with E-state index in [1.54, 1.807) is 0 Å². The van der Waals surface area contributed by atoms with Crippen LogP contribution in [0.3, 0.4) is 0 Å². The van der Waals surface area contributed by atoms with Crippen LogP contribution in [0.1, 0.15) is 49.8 Å². The summed E-state index contributed by atoms with van der Waals surface area (Å²) in [7, 11) is 0. The van der Waals surface area contributed by atoms with Crippen LogP contribution in [0.4, 0.5) is 0 Å². The molecule has 0 spiro atoms. The molecular weight excluding hydrogens is 270 g/mol. The SMILES string of the molecule is CCCCc1nc(Cl)c(CN[C@H](C)c2ccccc2)[nH]1. The van der Waals surface area contributed by atoms with Crippen LogP contribution in [0, 0.1) is 0 Å². The maximum atomic E-state index is 6.17. The number of rotatable bonds is 7. The average Bonchev–Trinajstić information content (AvgIpc) is 2.83. The quantitative estimate of drug-likeness (QED) is 0.800. The maximum absolute atomic E-state index is 6.17. The first kappa shape index (κ1) is 15.1. The minimum Gasteiger partial charge on any atom is -0.344 e. The van der Waals surface area contributed by atoms with Crippen LogP contribution in [-0.2, 0) is 13.0 Å². The summed E-state index contributed by atoms with van der Waals surface area (Å²) in [6, 6.07) is 10.7. The zero-order chi connectivity index (χ0) is 14.4. The van der Waals surface area contributed by atoms with Crippen molar-refractivity contribution in [2.24, 2.45) is 0 Å². The van der Waals surface area contributed by atoms with Crippen molar-refractivity contribution < 1.29 is 0 Å². The molecule has 0 saturated heterocycles. The summed E-state index contributed by atoms with van der Waals surface area (Å²) in [5, 5.41) is 4.06. The fourth-order valence-corrected chi connectivity index (χ4v) is 2.35. The number of benzene rings is 1. The first-order valence-electron chi connectivity index (χ1n) is 7.22. The number of aromatic amines is 1. The summed E-state index contributed by atoms with van der Waals surface area (Å²) in [6.45, 7) is 5.03. The predicted octanol–water partition coefficient (Wildman–Crippen LogP) is 4.26. The second-order valence-electron chi connectivity index (χ2n) is 5.07. The molecule has 2 rings (SSSR count). The molecule has 2 aromatic rings. The van der Waals surface area contributed by atoms with Crippen LogP contribution in [0.5, 0.6) is 0 Å². The van der Waals surface area contributed by atoms with Crippen LogP contribution in [0.15, 0.2) is 30.3 Å². The van der Waals surface area contributed by atoms with E-state index in [1.165, 1.54) is 5.56 Å². The van der Waals surface area contributed by atoms with Crippen molar-refractivity contribution in [3.63, 3.8) is 0 Å². The van der Waals surface area contributed by atoms with E-state index < -0.39 is 0 Å². The molecule has 1 aromatic heterocycles. The van der Waals surface area contributed by atoms with Gasteiger partial charge in [0.2, 0.25) is 0 Å². The summed E-state index contributed by atoms with van der Waals surface area (Å²) < 4.78 is 0. The number of imidazole rings is 1. The number of nitrogens with zero attached hydrogens (tertiary/aromatic N) is 1. The Morgan fingerprint density at radius 1 is 1.30 bits per heavy atom. The molecule has 108 valence electrons. The molecule has 0 radical (unpaired) electrons. The van der Waals surface area contributed by atoms with E-state index in [4.69, 9.17) is 11.6 Å². The maximum Gasteiger partial charge on any atom is 0.151 e. The van der Waals surface area contributed by atoms with Crippen LogP contribution < -0.4 is 5.32 Å². The van der Waals surface area contributed by atoms with Gasteiger partial charge in [-0.3, -0.25) is 0 Å². The summed E-state index contributed by atoms with van der Waals surface area (Å²) in [5.74, 6) is 0.987. The molecular formula is C16H22ClN3. The fraction of sp³-hybridized carbons (Fsp3) is 0.438. The molecule has 0 amide bonds. The van der Waals surface area contributed by atoms with Crippen LogP contribution in [0.25, 0.3) is 0 Å². The highest BCUT2D eigenvalue weighted by molar-refractivity contribution is 6.30. The van der Waals surface area contributed by atoms with E-state index in [0.29, 0.717) is 11.7 Å². The van der Waals surface area contributed by atoms with E-state index in [2.05, 4.69) is 53.4 Å². The molecule has 0 aliphatic heterocycles. The normalized spacial score (nSPS) is 12.6. The van der Waals surface area contributed by atoms with Gasteiger partial charge >= 0.3 is 0 Å². The number of aryl methyl sites for hydroxylation is 1. The molecule has 0 aliphatic carbocycles. The Bertz CT molecular complexity index is 522. The number of hydrogen-bond acceptors (Lipinski definition) is 2. The van der Waals surface area contributed by atoms with E-state index >= 15 is 0 Å². The van der Waals surface area contributed by atoms with Gasteiger partial charge in [0.1, 0.15) is 5.82 Å². The van der Waals surface area contributed by atoms with E-state index in [-0.39, 0.29) is 6.04 Å². The molecule has 3 nitrogen and oxygen atoms in total. The molecule has 0 aliphatic rings. The molecule has 0 fully saturated rings. The lowest BCUT2D eigenvalue weighted by Crippen LogP contribution is -2.18. The van der Waals surface area contributed by atoms with Crippen molar-refractivity contribution in [3.8, 4) is 0 Å². The highest BCUT2D eigenvalue weighted by Gasteiger charge is 2.10. The summed E-state index contributed by atoms with van der Waals surface area (Å²) >= 11 is 6.17. The Morgan fingerprint density at radius 2 is 2.05 bits per heavy atom. The highest BCUT2D eigenvalue weighted by atomic mass is 35.5. The highest BCUT2D eigenvalue weighted by Crippen LogP contribution is 2.16. The van der Waals surface area contributed by atoms with Crippen molar-refractivity contribution in [1.82, 2.24) is 15.3 Å². The summed E-state index contributed by atoms with van der Waals surface area (Å²) in [4.78, 5) is 7.69. The van der Waals surface area contributed by atoms with Crippen LogP contribution in [0.2, 0.25) is 5.15 Å². The van der Waals surface area contributed by atoms with Gasteiger partial charge in [0, 0.05) is 19.0 Å². The minimum atomic E-state index is 0.287. The van der Waals surface area contributed by atoms with Gasteiger partial charge in [0.05, 0.1) is 5.69 Å². The Labute approximate surface area is 125 Å².